The van der Waals surface area contributed by atoms with Crippen LogP contribution < -0.4 is 5.32 Å². The molecule has 2 N–H and O–H groups in total. The van der Waals surface area contributed by atoms with Gasteiger partial charge in [-0.1, -0.05) is 32.9 Å². The summed E-state index contributed by atoms with van der Waals surface area (Å²) in [5, 5.41) is 11.3. The van der Waals surface area contributed by atoms with Gasteiger partial charge in [0.25, 0.3) is 5.91 Å². The number of aliphatic carboxylic acids is 1. The predicted octanol–water partition coefficient (Wildman–Crippen LogP) is 3.04. The lowest BCUT2D eigenvalue weighted by atomic mass is 9.89. The van der Waals surface area contributed by atoms with Crippen LogP contribution in [0, 0.1) is 5.41 Å². The zero-order valence-electron chi connectivity index (χ0n) is 14.3. The van der Waals surface area contributed by atoms with E-state index in [1.165, 1.54) is 0 Å². The number of nitrogens with one attached hydrogen (secondary N) is 1. The van der Waals surface area contributed by atoms with Crippen molar-refractivity contribution in [3.8, 4) is 0 Å². The second-order valence-electron chi connectivity index (χ2n) is 6.39. The predicted molar refractivity (Wildman–Crippen MR) is 92.0 cm³/mol. The summed E-state index contributed by atoms with van der Waals surface area (Å²) in [7, 11) is 1.63. The standard InChI is InChI=1S/C17H25NO4S/c1-11(16(20)21)23-13-9-7-6-8-12(13)15(19)18-10-14(22-5)17(2,3)4/h6-9,11,14H,10H2,1-5H3,(H,18,19)(H,20,21). The summed E-state index contributed by atoms with van der Waals surface area (Å²) in [5.74, 6) is -1.13. The lowest BCUT2D eigenvalue weighted by molar-refractivity contribution is -0.136. The maximum absolute atomic E-state index is 12.4. The Kier molecular flexibility index (Phi) is 7.09. The number of rotatable bonds is 7. The van der Waals surface area contributed by atoms with E-state index in [2.05, 4.69) is 5.32 Å². The van der Waals surface area contributed by atoms with Gasteiger partial charge in [0, 0.05) is 18.6 Å². The molecule has 0 spiro atoms. The van der Waals surface area contributed by atoms with Gasteiger partial charge in [-0.3, -0.25) is 9.59 Å². The van der Waals surface area contributed by atoms with E-state index in [0.29, 0.717) is 17.0 Å². The van der Waals surface area contributed by atoms with Gasteiger partial charge in [-0.05, 0) is 24.5 Å². The maximum Gasteiger partial charge on any atom is 0.316 e. The molecular weight excluding hydrogens is 314 g/mol. The van der Waals surface area contributed by atoms with Gasteiger partial charge in [-0.2, -0.15) is 0 Å². The fourth-order valence-electron chi connectivity index (χ4n) is 2.02. The van der Waals surface area contributed by atoms with Crippen LogP contribution >= 0.6 is 11.8 Å². The molecule has 128 valence electrons. The fourth-order valence-corrected chi connectivity index (χ4v) is 2.95. The van der Waals surface area contributed by atoms with Crippen molar-refractivity contribution in [3.63, 3.8) is 0 Å². The molecule has 1 aromatic rings. The topological polar surface area (TPSA) is 75.6 Å². The maximum atomic E-state index is 12.4. The van der Waals surface area contributed by atoms with Crippen LogP contribution in [0.3, 0.4) is 0 Å². The van der Waals surface area contributed by atoms with Crippen LogP contribution in [0.25, 0.3) is 0 Å². The first-order valence-corrected chi connectivity index (χ1v) is 8.34. The Hall–Kier alpha value is -1.53. The first-order valence-electron chi connectivity index (χ1n) is 7.46. The van der Waals surface area contributed by atoms with Crippen molar-refractivity contribution in [1.82, 2.24) is 5.32 Å². The third kappa shape index (κ3) is 5.88. The van der Waals surface area contributed by atoms with E-state index in [-0.39, 0.29) is 17.4 Å². The smallest absolute Gasteiger partial charge is 0.316 e. The molecule has 1 aromatic carbocycles. The Bertz CT molecular complexity index is 554. The highest BCUT2D eigenvalue weighted by atomic mass is 32.2. The van der Waals surface area contributed by atoms with Crippen molar-refractivity contribution in [3.05, 3.63) is 29.8 Å². The number of hydrogen-bond donors (Lipinski definition) is 2. The molecule has 0 aliphatic heterocycles. The first kappa shape index (κ1) is 19.5. The average Bonchev–Trinajstić information content (AvgIpc) is 2.46. The van der Waals surface area contributed by atoms with E-state index >= 15 is 0 Å². The molecule has 1 rings (SSSR count). The molecule has 6 heteroatoms. The number of amides is 1. The van der Waals surface area contributed by atoms with Gasteiger partial charge >= 0.3 is 5.97 Å². The number of carbonyl (C=O) groups excluding carboxylic acids is 1. The summed E-state index contributed by atoms with van der Waals surface area (Å²) < 4.78 is 5.43. The van der Waals surface area contributed by atoms with Crippen LogP contribution in [-0.2, 0) is 9.53 Å². The number of methoxy groups -OCH3 is 1. The minimum Gasteiger partial charge on any atom is -0.480 e. The lowest BCUT2D eigenvalue weighted by Crippen LogP contribution is -2.40. The van der Waals surface area contributed by atoms with Crippen molar-refractivity contribution >= 4 is 23.6 Å². The number of hydrogen-bond acceptors (Lipinski definition) is 4. The summed E-state index contributed by atoms with van der Waals surface area (Å²) in [6.45, 7) is 8.14. The van der Waals surface area contributed by atoms with Crippen LogP contribution in [0.2, 0.25) is 0 Å². The highest BCUT2D eigenvalue weighted by molar-refractivity contribution is 8.00. The highest BCUT2D eigenvalue weighted by Gasteiger charge is 2.25. The number of ether oxygens (including phenoxy) is 1. The third-order valence-electron chi connectivity index (χ3n) is 3.48. The Labute approximate surface area is 141 Å². The Balaban J connectivity index is 2.82. The summed E-state index contributed by atoms with van der Waals surface area (Å²) in [5.41, 5.74) is 0.392. The highest BCUT2D eigenvalue weighted by Crippen LogP contribution is 2.27. The van der Waals surface area contributed by atoms with Crippen LogP contribution in [0.4, 0.5) is 0 Å². The molecule has 1 amide bonds. The Morgan fingerprint density at radius 3 is 2.43 bits per heavy atom. The monoisotopic (exact) mass is 339 g/mol. The quantitative estimate of drug-likeness (QED) is 0.747. The molecule has 0 saturated carbocycles. The second-order valence-corrected chi connectivity index (χ2v) is 7.78. The van der Waals surface area contributed by atoms with Crippen molar-refractivity contribution in [2.24, 2.45) is 5.41 Å². The van der Waals surface area contributed by atoms with Crippen molar-refractivity contribution in [1.29, 1.82) is 0 Å². The summed E-state index contributed by atoms with van der Waals surface area (Å²) in [6.07, 6.45) is -0.107. The van der Waals surface area contributed by atoms with Crippen LogP contribution in [0.15, 0.2) is 29.2 Å². The average molecular weight is 339 g/mol. The molecule has 0 bridgehead atoms. The largest absolute Gasteiger partial charge is 0.480 e. The van der Waals surface area contributed by atoms with E-state index in [1.807, 2.05) is 20.8 Å². The van der Waals surface area contributed by atoms with Crippen LogP contribution in [0.1, 0.15) is 38.1 Å². The second kappa shape index (κ2) is 8.36. The number of thioether (sulfide) groups is 1. The molecule has 2 atom stereocenters. The minimum atomic E-state index is -0.905. The Morgan fingerprint density at radius 1 is 1.30 bits per heavy atom. The minimum absolute atomic E-state index is 0.0892. The van der Waals surface area contributed by atoms with Gasteiger partial charge in [-0.15, -0.1) is 11.8 Å². The zero-order chi connectivity index (χ0) is 17.6. The lowest BCUT2D eigenvalue weighted by Gasteiger charge is -2.29. The molecule has 0 fully saturated rings. The third-order valence-corrected chi connectivity index (χ3v) is 4.65. The zero-order valence-corrected chi connectivity index (χ0v) is 15.1. The van der Waals surface area contributed by atoms with Gasteiger partial charge in [0.15, 0.2) is 0 Å². The normalized spacial score (nSPS) is 14.1. The molecule has 0 aromatic heterocycles. The molecule has 0 radical (unpaired) electrons. The van der Waals surface area contributed by atoms with E-state index in [1.54, 1.807) is 38.3 Å². The molecule has 23 heavy (non-hydrogen) atoms. The molecule has 0 aliphatic rings. The summed E-state index contributed by atoms with van der Waals surface area (Å²) in [6, 6.07) is 7.02. The van der Waals surface area contributed by atoms with Crippen molar-refractivity contribution in [2.45, 2.75) is 43.9 Å². The summed E-state index contributed by atoms with van der Waals surface area (Å²) in [4.78, 5) is 24.1. The van der Waals surface area contributed by atoms with Crippen molar-refractivity contribution < 1.29 is 19.4 Å². The first-order chi connectivity index (χ1) is 10.7. The van der Waals surface area contributed by atoms with Crippen LogP contribution in [-0.4, -0.2) is 42.0 Å². The van der Waals surface area contributed by atoms with E-state index in [0.717, 1.165) is 11.8 Å². The summed E-state index contributed by atoms with van der Waals surface area (Å²) >= 11 is 1.16. The Morgan fingerprint density at radius 2 is 1.91 bits per heavy atom. The van der Waals surface area contributed by atoms with Gasteiger partial charge in [-0.25, -0.2) is 0 Å². The van der Waals surface area contributed by atoms with Gasteiger partial charge in [0.2, 0.25) is 0 Å². The number of carboxylic acids is 1. The van der Waals surface area contributed by atoms with E-state index in [4.69, 9.17) is 9.84 Å². The number of benzene rings is 1. The van der Waals surface area contributed by atoms with E-state index in [9.17, 15) is 9.59 Å². The molecule has 0 aliphatic carbocycles. The molecular formula is C17H25NO4S. The fraction of sp³-hybridized carbons (Fsp3) is 0.529. The SMILES string of the molecule is COC(CNC(=O)c1ccccc1SC(C)C(=O)O)C(C)(C)C. The van der Waals surface area contributed by atoms with Gasteiger partial charge < -0.3 is 15.2 Å². The van der Waals surface area contributed by atoms with Crippen molar-refractivity contribution in [2.75, 3.05) is 13.7 Å². The number of carboxylic acid groups (broad SMARTS) is 1. The molecule has 0 saturated heterocycles. The molecule has 5 nitrogen and oxygen atoms in total. The van der Waals surface area contributed by atoms with Gasteiger partial charge in [0.05, 0.1) is 11.7 Å². The van der Waals surface area contributed by atoms with Crippen LogP contribution in [0.5, 0.6) is 0 Å². The van der Waals surface area contributed by atoms with E-state index < -0.39 is 11.2 Å². The number of carbonyl (C=O) groups is 2. The van der Waals surface area contributed by atoms with Gasteiger partial charge in [0.1, 0.15) is 5.25 Å². The molecule has 0 heterocycles. The molecule has 2 unspecified atom stereocenters.